The summed E-state index contributed by atoms with van der Waals surface area (Å²) in [5.74, 6) is 0. The third-order valence-corrected chi connectivity index (χ3v) is 3.83. The molecule has 0 aliphatic carbocycles. The highest BCUT2D eigenvalue weighted by Crippen LogP contribution is 2.26. The van der Waals surface area contributed by atoms with Gasteiger partial charge in [0.15, 0.2) is 0 Å². The van der Waals surface area contributed by atoms with E-state index in [2.05, 4.69) is 44.3 Å². The highest BCUT2D eigenvalue weighted by molar-refractivity contribution is 6.30. The molecular formula is C18H17ClN2. The second-order valence-corrected chi connectivity index (χ2v) is 5.57. The quantitative estimate of drug-likeness (QED) is 0.660. The number of halogens is 1. The number of nitrogens with zero attached hydrogens (tertiary/aromatic N) is 2. The lowest BCUT2D eigenvalue weighted by Gasteiger charge is -2.01. The van der Waals surface area contributed by atoms with Crippen LogP contribution in [-0.2, 0) is 6.42 Å². The summed E-state index contributed by atoms with van der Waals surface area (Å²) >= 11 is 5.97. The molecule has 3 heteroatoms. The first-order valence-corrected chi connectivity index (χ1v) is 7.46. The Morgan fingerprint density at radius 2 is 1.67 bits per heavy atom. The van der Waals surface area contributed by atoms with E-state index < -0.39 is 0 Å². The van der Waals surface area contributed by atoms with Crippen LogP contribution in [0.25, 0.3) is 16.8 Å². The highest BCUT2D eigenvalue weighted by atomic mass is 35.5. The summed E-state index contributed by atoms with van der Waals surface area (Å²) < 4.78 is 1.95. The lowest BCUT2D eigenvalue weighted by atomic mass is 10.1. The number of aromatic nitrogens is 2. The topological polar surface area (TPSA) is 17.8 Å². The van der Waals surface area contributed by atoms with Crippen molar-refractivity contribution in [2.75, 3.05) is 0 Å². The number of hydrogen-bond acceptors (Lipinski definition) is 1. The fraction of sp³-hybridized carbons (Fsp3) is 0.167. The zero-order valence-electron chi connectivity index (χ0n) is 12.2. The van der Waals surface area contributed by atoms with Gasteiger partial charge in [-0.1, -0.05) is 48.4 Å². The van der Waals surface area contributed by atoms with E-state index in [9.17, 15) is 0 Å². The van der Waals surface area contributed by atoms with Crippen molar-refractivity contribution in [3.63, 3.8) is 0 Å². The van der Waals surface area contributed by atoms with Crippen LogP contribution in [0.15, 0.2) is 54.7 Å². The van der Waals surface area contributed by atoms with Crippen molar-refractivity contribution in [3.8, 4) is 16.8 Å². The molecule has 0 saturated heterocycles. The van der Waals surface area contributed by atoms with E-state index in [1.54, 1.807) is 0 Å². The highest BCUT2D eigenvalue weighted by Gasteiger charge is 2.10. The SMILES string of the molecule is CCc1nn(-c2ccc(C)cc2)cc1-c1ccc(Cl)cc1. The summed E-state index contributed by atoms with van der Waals surface area (Å²) in [6, 6.07) is 16.3. The van der Waals surface area contributed by atoms with Crippen molar-refractivity contribution in [2.45, 2.75) is 20.3 Å². The largest absolute Gasteiger partial charge is 0.240 e. The maximum absolute atomic E-state index is 5.97. The molecule has 2 nitrogen and oxygen atoms in total. The van der Waals surface area contributed by atoms with Crippen molar-refractivity contribution < 1.29 is 0 Å². The van der Waals surface area contributed by atoms with Gasteiger partial charge in [-0.25, -0.2) is 4.68 Å². The van der Waals surface area contributed by atoms with Crippen molar-refractivity contribution in [2.24, 2.45) is 0 Å². The first-order chi connectivity index (χ1) is 10.2. The van der Waals surface area contributed by atoms with Gasteiger partial charge in [-0.3, -0.25) is 0 Å². The third-order valence-electron chi connectivity index (χ3n) is 3.58. The molecule has 0 unspecified atom stereocenters. The number of hydrogen-bond donors (Lipinski definition) is 0. The smallest absolute Gasteiger partial charge is 0.0704 e. The van der Waals surface area contributed by atoms with E-state index in [1.807, 2.05) is 28.9 Å². The normalized spacial score (nSPS) is 10.8. The molecule has 1 aromatic heterocycles. The zero-order valence-corrected chi connectivity index (χ0v) is 12.9. The van der Waals surface area contributed by atoms with E-state index in [1.165, 1.54) is 5.56 Å². The Bertz CT molecular complexity index is 740. The Kier molecular flexibility index (Phi) is 3.80. The van der Waals surface area contributed by atoms with Gasteiger partial charge in [0.05, 0.1) is 11.4 Å². The van der Waals surface area contributed by atoms with Crippen LogP contribution in [0.1, 0.15) is 18.2 Å². The van der Waals surface area contributed by atoms with Gasteiger partial charge < -0.3 is 0 Å². The predicted octanol–water partition coefficient (Wildman–Crippen LogP) is 5.06. The van der Waals surface area contributed by atoms with Gasteiger partial charge in [-0.2, -0.15) is 5.10 Å². The lowest BCUT2D eigenvalue weighted by Crippen LogP contribution is -1.95. The molecule has 0 aliphatic rings. The average molecular weight is 297 g/mol. The number of benzene rings is 2. The molecule has 0 radical (unpaired) electrons. The first-order valence-electron chi connectivity index (χ1n) is 7.09. The minimum absolute atomic E-state index is 0.753. The van der Waals surface area contributed by atoms with Crippen LogP contribution in [-0.4, -0.2) is 9.78 Å². The van der Waals surface area contributed by atoms with Crippen molar-refractivity contribution >= 4 is 11.6 Å². The Balaban J connectivity index is 2.05. The summed E-state index contributed by atoms with van der Waals surface area (Å²) in [5, 5.41) is 5.46. The van der Waals surface area contributed by atoms with E-state index in [4.69, 9.17) is 16.7 Å². The van der Waals surface area contributed by atoms with Gasteiger partial charge in [0.1, 0.15) is 0 Å². The second kappa shape index (κ2) is 5.74. The number of aryl methyl sites for hydroxylation is 2. The van der Waals surface area contributed by atoms with Gasteiger partial charge in [-0.05, 0) is 43.2 Å². The molecule has 3 rings (SSSR count). The third kappa shape index (κ3) is 2.86. The first kappa shape index (κ1) is 13.9. The summed E-state index contributed by atoms with van der Waals surface area (Å²) in [6.07, 6.45) is 2.99. The zero-order chi connectivity index (χ0) is 14.8. The van der Waals surface area contributed by atoms with Crippen LogP contribution < -0.4 is 0 Å². The summed E-state index contributed by atoms with van der Waals surface area (Å²) in [6.45, 7) is 4.21. The molecule has 106 valence electrons. The Labute approximate surface area is 130 Å². The molecule has 0 N–H and O–H groups in total. The average Bonchev–Trinajstić information content (AvgIpc) is 2.93. The molecule has 0 amide bonds. The Hall–Kier alpha value is -2.06. The monoisotopic (exact) mass is 296 g/mol. The number of rotatable bonds is 3. The van der Waals surface area contributed by atoms with Crippen LogP contribution >= 0.6 is 11.6 Å². The molecule has 2 aromatic carbocycles. The maximum Gasteiger partial charge on any atom is 0.0704 e. The van der Waals surface area contributed by atoms with E-state index >= 15 is 0 Å². The van der Waals surface area contributed by atoms with Gasteiger partial charge in [0.25, 0.3) is 0 Å². The van der Waals surface area contributed by atoms with Gasteiger partial charge in [-0.15, -0.1) is 0 Å². The van der Waals surface area contributed by atoms with Crippen LogP contribution in [0, 0.1) is 6.92 Å². The van der Waals surface area contributed by atoms with Gasteiger partial charge in [0, 0.05) is 16.8 Å². The fourth-order valence-corrected chi connectivity index (χ4v) is 2.50. The van der Waals surface area contributed by atoms with Crippen LogP contribution in [0.3, 0.4) is 0 Å². The van der Waals surface area contributed by atoms with E-state index in [0.29, 0.717) is 0 Å². The molecule has 1 heterocycles. The van der Waals surface area contributed by atoms with Crippen molar-refractivity contribution in [1.82, 2.24) is 9.78 Å². The van der Waals surface area contributed by atoms with Gasteiger partial charge >= 0.3 is 0 Å². The van der Waals surface area contributed by atoms with Crippen molar-refractivity contribution in [3.05, 3.63) is 71.0 Å². The molecule has 0 saturated carbocycles. The Morgan fingerprint density at radius 1 is 1.00 bits per heavy atom. The van der Waals surface area contributed by atoms with Gasteiger partial charge in [0.2, 0.25) is 0 Å². The van der Waals surface area contributed by atoms with Crippen LogP contribution in [0.2, 0.25) is 5.02 Å². The van der Waals surface area contributed by atoms with Crippen molar-refractivity contribution in [1.29, 1.82) is 0 Å². The molecule has 0 fully saturated rings. The predicted molar refractivity (Wildman–Crippen MR) is 88.1 cm³/mol. The lowest BCUT2D eigenvalue weighted by molar-refractivity contribution is 0.841. The molecule has 0 aliphatic heterocycles. The minimum atomic E-state index is 0.753. The maximum atomic E-state index is 5.97. The molecule has 3 aromatic rings. The van der Waals surface area contributed by atoms with E-state index in [0.717, 1.165) is 34.0 Å². The molecule has 0 bridgehead atoms. The van der Waals surface area contributed by atoms with Crippen LogP contribution in [0.5, 0.6) is 0 Å². The van der Waals surface area contributed by atoms with Crippen LogP contribution in [0.4, 0.5) is 0 Å². The second-order valence-electron chi connectivity index (χ2n) is 5.13. The molecular weight excluding hydrogens is 280 g/mol. The minimum Gasteiger partial charge on any atom is -0.240 e. The fourth-order valence-electron chi connectivity index (χ4n) is 2.37. The summed E-state index contributed by atoms with van der Waals surface area (Å²) in [5.41, 5.74) is 5.73. The standard InChI is InChI=1S/C18H17ClN2/c1-3-18-17(14-6-8-15(19)9-7-14)12-21(20-18)16-10-4-13(2)5-11-16/h4-12H,3H2,1-2H3. The molecule has 0 atom stereocenters. The van der Waals surface area contributed by atoms with E-state index in [-0.39, 0.29) is 0 Å². The molecule has 0 spiro atoms. The summed E-state index contributed by atoms with van der Waals surface area (Å²) in [7, 11) is 0. The molecule has 21 heavy (non-hydrogen) atoms. The Morgan fingerprint density at radius 3 is 2.29 bits per heavy atom. The summed E-state index contributed by atoms with van der Waals surface area (Å²) in [4.78, 5) is 0.